The van der Waals surface area contributed by atoms with E-state index in [2.05, 4.69) is 13.8 Å². The molecule has 0 fully saturated rings. The molecule has 0 bridgehead atoms. The molecule has 94 valence electrons. The molecule has 0 spiro atoms. The summed E-state index contributed by atoms with van der Waals surface area (Å²) in [5.74, 6) is 0.101. The summed E-state index contributed by atoms with van der Waals surface area (Å²) in [7, 11) is 0. The van der Waals surface area contributed by atoms with E-state index in [0.29, 0.717) is 18.9 Å². The summed E-state index contributed by atoms with van der Waals surface area (Å²) < 4.78 is 5.22. The van der Waals surface area contributed by atoms with Crippen molar-refractivity contribution in [3.63, 3.8) is 0 Å². The molecule has 0 aromatic heterocycles. The van der Waals surface area contributed by atoms with E-state index in [9.17, 15) is 9.59 Å². The molecule has 0 aromatic carbocycles. The minimum Gasteiger partial charge on any atom is -0.465 e. The largest absolute Gasteiger partial charge is 0.465 e. The van der Waals surface area contributed by atoms with Crippen molar-refractivity contribution in [1.29, 1.82) is 0 Å². The fourth-order valence-corrected chi connectivity index (χ4v) is 1.68. The van der Waals surface area contributed by atoms with Crippen LogP contribution in [0, 0.1) is 17.3 Å². The lowest BCUT2D eigenvalue weighted by atomic mass is 9.83. The Bertz CT molecular complexity index is 231. The second-order valence-corrected chi connectivity index (χ2v) is 5.64. The molecule has 0 heterocycles. The van der Waals surface area contributed by atoms with Crippen molar-refractivity contribution in [2.45, 2.75) is 47.5 Å². The van der Waals surface area contributed by atoms with Crippen molar-refractivity contribution in [1.82, 2.24) is 0 Å². The van der Waals surface area contributed by atoms with Gasteiger partial charge in [-0.3, -0.25) is 4.79 Å². The van der Waals surface area contributed by atoms with Crippen molar-refractivity contribution in [3.8, 4) is 0 Å². The summed E-state index contributed by atoms with van der Waals surface area (Å²) >= 11 is 0. The Morgan fingerprint density at radius 1 is 1.31 bits per heavy atom. The number of carbonyl (C=O) groups is 2. The minimum atomic E-state index is -0.156. The SMILES string of the molecule is CC(CC=O)CC(C)(C)COC(=O)C(C)C. The normalized spacial score (nSPS) is 13.6. The first-order valence-electron chi connectivity index (χ1n) is 5.89. The van der Waals surface area contributed by atoms with Crippen molar-refractivity contribution in [3.05, 3.63) is 0 Å². The zero-order chi connectivity index (χ0) is 12.8. The first-order valence-corrected chi connectivity index (χ1v) is 5.89. The summed E-state index contributed by atoms with van der Waals surface area (Å²) in [6, 6.07) is 0. The highest BCUT2D eigenvalue weighted by molar-refractivity contribution is 5.71. The molecule has 3 heteroatoms. The molecule has 1 unspecified atom stereocenters. The van der Waals surface area contributed by atoms with Crippen LogP contribution in [0.2, 0.25) is 0 Å². The van der Waals surface area contributed by atoms with Gasteiger partial charge in [-0.25, -0.2) is 0 Å². The average molecular weight is 228 g/mol. The third-order valence-electron chi connectivity index (χ3n) is 2.48. The van der Waals surface area contributed by atoms with Gasteiger partial charge >= 0.3 is 5.97 Å². The van der Waals surface area contributed by atoms with Gasteiger partial charge in [-0.2, -0.15) is 0 Å². The molecule has 0 N–H and O–H groups in total. The van der Waals surface area contributed by atoms with E-state index >= 15 is 0 Å². The highest BCUT2D eigenvalue weighted by Crippen LogP contribution is 2.27. The standard InChI is InChI=1S/C13H24O3/c1-10(2)12(15)16-9-13(4,5)8-11(3)6-7-14/h7,10-11H,6,8-9H2,1-5H3. The van der Waals surface area contributed by atoms with Crippen LogP contribution in [-0.2, 0) is 14.3 Å². The van der Waals surface area contributed by atoms with Crippen molar-refractivity contribution >= 4 is 12.3 Å². The molecule has 16 heavy (non-hydrogen) atoms. The first-order chi connectivity index (χ1) is 7.28. The smallest absolute Gasteiger partial charge is 0.308 e. The minimum absolute atomic E-state index is 0.0625. The molecule has 0 rings (SSSR count). The van der Waals surface area contributed by atoms with Crippen molar-refractivity contribution in [2.24, 2.45) is 17.3 Å². The number of esters is 1. The number of aldehydes is 1. The van der Waals surface area contributed by atoms with Crippen molar-refractivity contribution < 1.29 is 14.3 Å². The average Bonchev–Trinajstić information content (AvgIpc) is 2.13. The third-order valence-corrected chi connectivity index (χ3v) is 2.48. The Balaban J connectivity index is 4.04. The van der Waals surface area contributed by atoms with E-state index < -0.39 is 0 Å². The predicted molar refractivity (Wildman–Crippen MR) is 64.0 cm³/mol. The number of ether oxygens (including phenoxy) is 1. The van der Waals surface area contributed by atoms with E-state index in [1.165, 1.54) is 0 Å². The summed E-state index contributed by atoms with van der Waals surface area (Å²) in [4.78, 5) is 21.7. The van der Waals surface area contributed by atoms with Gasteiger partial charge in [0.25, 0.3) is 0 Å². The fraction of sp³-hybridized carbons (Fsp3) is 0.846. The van der Waals surface area contributed by atoms with Crippen LogP contribution in [0.25, 0.3) is 0 Å². The van der Waals surface area contributed by atoms with E-state index in [0.717, 1.165) is 12.7 Å². The first kappa shape index (κ1) is 15.1. The van der Waals surface area contributed by atoms with Gasteiger partial charge in [-0.15, -0.1) is 0 Å². The Kier molecular flexibility index (Phi) is 6.31. The third kappa shape index (κ3) is 6.59. The van der Waals surface area contributed by atoms with Crippen LogP contribution in [0.5, 0.6) is 0 Å². The summed E-state index contributed by atoms with van der Waals surface area (Å²) in [5.41, 5.74) is -0.0625. The van der Waals surface area contributed by atoms with E-state index in [-0.39, 0.29) is 17.3 Å². The molecule has 0 saturated carbocycles. The molecule has 3 nitrogen and oxygen atoms in total. The topological polar surface area (TPSA) is 43.4 Å². The Morgan fingerprint density at radius 2 is 1.88 bits per heavy atom. The van der Waals surface area contributed by atoms with Gasteiger partial charge in [-0.1, -0.05) is 34.6 Å². The molecule has 0 radical (unpaired) electrons. The maximum Gasteiger partial charge on any atom is 0.308 e. The Hall–Kier alpha value is -0.860. The number of rotatable bonds is 7. The second kappa shape index (κ2) is 6.66. The van der Waals surface area contributed by atoms with Crippen LogP contribution in [0.4, 0.5) is 0 Å². The van der Waals surface area contributed by atoms with Gasteiger partial charge in [0.05, 0.1) is 12.5 Å². The molecule has 0 aliphatic carbocycles. The summed E-state index contributed by atoms with van der Waals surface area (Å²) in [6.07, 6.45) is 2.40. The maximum absolute atomic E-state index is 11.3. The Labute approximate surface area is 98.6 Å². The van der Waals surface area contributed by atoms with Crippen LogP contribution in [-0.4, -0.2) is 18.9 Å². The second-order valence-electron chi connectivity index (χ2n) is 5.64. The van der Waals surface area contributed by atoms with Gasteiger partial charge in [-0.05, 0) is 17.8 Å². The van der Waals surface area contributed by atoms with Gasteiger partial charge in [0, 0.05) is 6.42 Å². The summed E-state index contributed by atoms with van der Waals surface area (Å²) in [5, 5.41) is 0. The monoisotopic (exact) mass is 228 g/mol. The fourth-order valence-electron chi connectivity index (χ4n) is 1.68. The van der Waals surface area contributed by atoms with E-state index in [1.807, 2.05) is 20.8 Å². The molecular weight excluding hydrogens is 204 g/mol. The van der Waals surface area contributed by atoms with Crippen LogP contribution < -0.4 is 0 Å². The van der Waals surface area contributed by atoms with Crippen LogP contribution >= 0.6 is 0 Å². The molecule has 0 aliphatic rings. The quantitative estimate of drug-likeness (QED) is 0.497. The zero-order valence-electron chi connectivity index (χ0n) is 11.1. The number of hydrogen-bond acceptors (Lipinski definition) is 3. The van der Waals surface area contributed by atoms with Crippen LogP contribution in [0.15, 0.2) is 0 Å². The molecule has 0 aromatic rings. The lowest BCUT2D eigenvalue weighted by Gasteiger charge is -2.27. The van der Waals surface area contributed by atoms with E-state index in [1.54, 1.807) is 0 Å². The van der Waals surface area contributed by atoms with Crippen LogP contribution in [0.1, 0.15) is 47.5 Å². The maximum atomic E-state index is 11.3. The van der Waals surface area contributed by atoms with Gasteiger partial charge in [0.1, 0.15) is 6.29 Å². The number of hydrogen-bond donors (Lipinski definition) is 0. The predicted octanol–water partition coefficient (Wildman–Crippen LogP) is 2.83. The molecule has 0 saturated heterocycles. The lowest BCUT2D eigenvalue weighted by molar-refractivity contribution is -0.150. The molecule has 0 aliphatic heterocycles. The van der Waals surface area contributed by atoms with Gasteiger partial charge in [0.2, 0.25) is 0 Å². The molecular formula is C13H24O3. The Morgan fingerprint density at radius 3 is 2.31 bits per heavy atom. The summed E-state index contributed by atoms with van der Waals surface area (Å²) in [6.45, 7) is 10.2. The molecule has 1 atom stereocenters. The lowest BCUT2D eigenvalue weighted by Crippen LogP contribution is -2.26. The van der Waals surface area contributed by atoms with E-state index in [4.69, 9.17) is 4.74 Å². The van der Waals surface area contributed by atoms with Gasteiger partial charge < -0.3 is 9.53 Å². The highest BCUT2D eigenvalue weighted by Gasteiger charge is 2.23. The number of carbonyl (C=O) groups excluding carboxylic acids is 2. The molecule has 0 amide bonds. The van der Waals surface area contributed by atoms with Crippen molar-refractivity contribution in [2.75, 3.05) is 6.61 Å². The highest BCUT2D eigenvalue weighted by atomic mass is 16.5. The van der Waals surface area contributed by atoms with Crippen LogP contribution in [0.3, 0.4) is 0 Å². The zero-order valence-corrected chi connectivity index (χ0v) is 11.1. The van der Waals surface area contributed by atoms with Gasteiger partial charge in [0.15, 0.2) is 0 Å².